The maximum Gasteiger partial charge on any atom is 0.334 e. The fraction of sp³-hybridized carbons (Fsp3) is 0.361. The van der Waals surface area contributed by atoms with Gasteiger partial charge in [-0.3, -0.25) is 9.79 Å². The van der Waals surface area contributed by atoms with E-state index in [1.807, 2.05) is 85.1 Å². The summed E-state index contributed by atoms with van der Waals surface area (Å²) in [6.45, 7) is 14.2. The smallest absolute Gasteiger partial charge is 0.334 e. The van der Waals surface area contributed by atoms with E-state index in [0.717, 1.165) is 33.4 Å². The van der Waals surface area contributed by atoms with Gasteiger partial charge in [0.1, 0.15) is 11.1 Å². The molecule has 1 fully saturated rings. The first-order valence-electron chi connectivity index (χ1n) is 14.6. The molecule has 3 aromatic carbocycles. The highest BCUT2D eigenvalue weighted by Crippen LogP contribution is 2.43. The van der Waals surface area contributed by atoms with Crippen molar-refractivity contribution in [3.63, 3.8) is 0 Å². The minimum absolute atomic E-state index is 0.204. The minimum Gasteiger partial charge on any atom is -0.507 e. The Balaban J connectivity index is 1.39. The van der Waals surface area contributed by atoms with E-state index in [1.54, 1.807) is 11.1 Å². The van der Waals surface area contributed by atoms with Crippen LogP contribution in [0.15, 0.2) is 88.8 Å². The summed E-state index contributed by atoms with van der Waals surface area (Å²) in [6.07, 6.45) is 1.13. The number of carbonyl (C=O) groups excluding carboxylic acids is 2. The highest BCUT2D eigenvalue weighted by Gasteiger charge is 2.55. The molecule has 1 N–H and O–H groups in total. The molecule has 3 atom stereocenters. The molecule has 0 spiro atoms. The number of hydrogen-bond acceptors (Lipinski definition) is 6. The van der Waals surface area contributed by atoms with Gasteiger partial charge in [-0.1, -0.05) is 102 Å². The number of rotatable bonds is 6. The first-order valence-corrected chi connectivity index (χ1v) is 15.6. The number of aliphatic imine (C=N–C) groups is 1. The lowest BCUT2D eigenvalue weighted by Crippen LogP contribution is -2.68. The number of amides is 1. The second-order valence-corrected chi connectivity index (χ2v) is 14.4. The van der Waals surface area contributed by atoms with Crippen molar-refractivity contribution < 1.29 is 19.4 Å². The molecule has 43 heavy (non-hydrogen) atoms. The molecule has 3 aromatic rings. The van der Waals surface area contributed by atoms with Crippen LogP contribution in [0.1, 0.15) is 82.4 Å². The second kappa shape index (κ2) is 11.7. The van der Waals surface area contributed by atoms with Crippen molar-refractivity contribution in [2.75, 3.05) is 0 Å². The van der Waals surface area contributed by atoms with Gasteiger partial charge in [-0.05, 0) is 57.6 Å². The van der Waals surface area contributed by atoms with E-state index in [2.05, 4.69) is 41.5 Å². The molecule has 6 nitrogen and oxygen atoms in total. The van der Waals surface area contributed by atoms with Crippen molar-refractivity contribution in [3.8, 4) is 5.75 Å². The van der Waals surface area contributed by atoms with Gasteiger partial charge >= 0.3 is 5.97 Å². The highest BCUT2D eigenvalue weighted by molar-refractivity contribution is 8.02. The topological polar surface area (TPSA) is 79.2 Å². The van der Waals surface area contributed by atoms with Gasteiger partial charge in [0.2, 0.25) is 0 Å². The van der Waals surface area contributed by atoms with E-state index in [4.69, 9.17) is 9.73 Å². The standard InChI is InChI=1S/C36H40N2O4S/c1-22-21-43-33-28(37-20-23-18-26(35(2,3)4)30(39)27(19-23)36(5,6)7)32(40)38(33)29(22)34(41)42-31(24-14-10-8-11-15-24)25-16-12-9-13-17-25/h8-21,28-29,31,33,39H,1-7H3/t28-,29?,33-/m1/s1. The van der Waals surface area contributed by atoms with Crippen LogP contribution < -0.4 is 0 Å². The molecule has 0 aliphatic carbocycles. The van der Waals surface area contributed by atoms with E-state index in [-0.39, 0.29) is 22.1 Å². The highest BCUT2D eigenvalue weighted by atomic mass is 32.2. The molecule has 2 heterocycles. The van der Waals surface area contributed by atoms with Gasteiger partial charge in [0.05, 0.1) is 0 Å². The van der Waals surface area contributed by atoms with Crippen LogP contribution in [0.4, 0.5) is 0 Å². The Kier molecular flexibility index (Phi) is 8.32. The molecule has 0 saturated carbocycles. The summed E-state index contributed by atoms with van der Waals surface area (Å²) in [7, 11) is 0. The minimum atomic E-state index is -0.811. The number of esters is 1. The van der Waals surface area contributed by atoms with Gasteiger partial charge in [0.15, 0.2) is 18.2 Å². The monoisotopic (exact) mass is 596 g/mol. The summed E-state index contributed by atoms with van der Waals surface area (Å²) in [6, 6.07) is 21.7. The average Bonchev–Trinajstić information content (AvgIpc) is 2.96. The van der Waals surface area contributed by atoms with Crippen LogP contribution in [0, 0.1) is 0 Å². The van der Waals surface area contributed by atoms with Crippen LogP contribution in [0.3, 0.4) is 0 Å². The zero-order valence-corrected chi connectivity index (χ0v) is 26.7. The van der Waals surface area contributed by atoms with Gasteiger partial charge in [0, 0.05) is 17.3 Å². The molecular weight excluding hydrogens is 556 g/mol. The van der Waals surface area contributed by atoms with Crippen molar-refractivity contribution in [3.05, 3.63) is 112 Å². The summed E-state index contributed by atoms with van der Waals surface area (Å²) >= 11 is 1.50. The Morgan fingerprint density at radius 3 is 1.93 bits per heavy atom. The van der Waals surface area contributed by atoms with E-state index in [9.17, 15) is 14.7 Å². The SMILES string of the molecule is CC1=CS[C@@H]2[C@H](N=Cc3cc(C(C)(C)C)c(O)c(C(C)(C)C)c3)C(=O)N2C1C(=O)OC(c1ccccc1)c1ccccc1. The summed E-state index contributed by atoms with van der Waals surface area (Å²) < 4.78 is 6.15. The number of benzene rings is 3. The van der Waals surface area contributed by atoms with E-state index < -0.39 is 24.2 Å². The first-order chi connectivity index (χ1) is 20.3. The molecule has 2 aliphatic heterocycles. The molecule has 0 radical (unpaired) electrons. The number of nitrogens with zero attached hydrogens (tertiary/aromatic N) is 2. The number of fused-ring (bicyclic) bond motifs is 1. The Morgan fingerprint density at radius 2 is 1.44 bits per heavy atom. The van der Waals surface area contributed by atoms with Gasteiger partial charge in [-0.15, -0.1) is 11.8 Å². The maximum atomic E-state index is 13.8. The van der Waals surface area contributed by atoms with E-state index in [0.29, 0.717) is 5.75 Å². The molecule has 0 aromatic heterocycles. The molecule has 0 bridgehead atoms. The van der Waals surface area contributed by atoms with Gasteiger partial charge < -0.3 is 14.7 Å². The Labute approximate surface area is 258 Å². The predicted octanol–water partition coefficient (Wildman–Crippen LogP) is 7.30. The second-order valence-electron chi connectivity index (χ2n) is 13.4. The zero-order valence-electron chi connectivity index (χ0n) is 25.9. The molecule has 224 valence electrons. The maximum absolute atomic E-state index is 13.8. The van der Waals surface area contributed by atoms with E-state index in [1.165, 1.54) is 11.8 Å². The lowest BCUT2D eigenvalue weighted by Gasteiger charge is -2.50. The quantitative estimate of drug-likeness (QED) is 0.184. The molecule has 5 rings (SSSR count). The van der Waals surface area contributed by atoms with E-state index >= 15 is 0 Å². The third-order valence-corrected chi connectivity index (χ3v) is 9.22. The summed E-state index contributed by atoms with van der Waals surface area (Å²) in [5.74, 6) is -0.363. The molecular formula is C36H40N2O4S. The van der Waals surface area contributed by atoms with Crippen LogP contribution in [-0.2, 0) is 25.2 Å². The van der Waals surface area contributed by atoms with Crippen molar-refractivity contribution in [1.82, 2.24) is 4.90 Å². The summed E-state index contributed by atoms with van der Waals surface area (Å²) in [5.41, 5.74) is 4.45. The van der Waals surface area contributed by atoms with Gasteiger partial charge in [-0.25, -0.2) is 4.79 Å². The average molecular weight is 597 g/mol. The molecule has 7 heteroatoms. The number of ether oxygens (including phenoxy) is 1. The normalized spacial score (nSPS) is 20.6. The van der Waals surface area contributed by atoms with Crippen LogP contribution >= 0.6 is 11.8 Å². The fourth-order valence-corrected chi connectivity index (χ4v) is 6.76. The fourth-order valence-electron chi connectivity index (χ4n) is 5.59. The van der Waals surface area contributed by atoms with Gasteiger partial charge in [0.25, 0.3) is 5.91 Å². The largest absolute Gasteiger partial charge is 0.507 e. The van der Waals surface area contributed by atoms with Crippen molar-refractivity contribution >= 4 is 29.9 Å². The lowest BCUT2D eigenvalue weighted by atomic mass is 9.78. The first kappa shape index (κ1) is 30.6. The number of phenols is 1. The Hall–Kier alpha value is -3.84. The number of aromatic hydroxyl groups is 1. The zero-order chi connectivity index (χ0) is 31.1. The van der Waals surface area contributed by atoms with Crippen molar-refractivity contribution in [2.24, 2.45) is 4.99 Å². The number of β-lactam (4-membered cyclic amide) rings is 1. The Bertz CT molecular complexity index is 1490. The van der Waals surface area contributed by atoms with Crippen LogP contribution in [-0.4, -0.2) is 45.6 Å². The number of carbonyl (C=O) groups is 2. The van der Waals surface area contributed by atoms with Crippen molar-refractivity contribution in [2.45, 2.75) is 82.9 Å². The molecule has 1 amide bonds. The third-order valence-electron chi connectivity index (χ3n) is 7.95. The van der Waals surface area contributed by atoms with Crippen LogP contribution in [0.25, 0.3) is 0 Å². The van der Waals surface area contributed by atoms with Crippen molar-refractivity contribution in [1.29, 1.82) is 0 Å². The predicted molar refractivity (Wildman–Crippen MR) is 173 cm³/mol. The number of thioether (sulfide) groups is 1. The van der Waals surface area contributed by atoms with Crippen LogP contribution in [0.5, 0.6) is 5.75 Å². The lowest BCUT2D eigenvalue weighted by molar-refractivity contribution is -0.163. The number of hydrogen-bond donors (Lipinski definition) is 1. The third kappa shape index (κ3) is 6.14. The molecule has 1 unspecified atom stereocenters. The Morgan fingerprint density at radius 1 is 0.930 bits per heavy atom. The van der Waals surface area contributed by atoms with Crippen LogP contribution in [0.2, 0.25) is 0 Å². The number of phenolic OH excluding ortho intramolecular Hbond substituents is 1. The van der Waals surface area contributed by atoms with Gasteiger partial charge in [-0.2, -0.15) is 0 Å². The molecule has 2 aliphatic rings. The molecule has 1 saturated heterocycles. The summed E-state index contributed by atoms with van der Waals surface area (Å²) in [4.78, 5) is 33.6. The summed E-state index contributed by atoms with van der Waals surface area (Å²) in [5, 5.41) is 12.7.